The Balaban J connectivity index is 1.73. The van der Waals surface area contributed by atoms with E-state index >= 15 is 0 Å². The Morgan fingerprint density at radius 3 is 2.00 bits per heavy atom. The van der Waals surface area contributed by atoms with E-state index in [2.05, 4.69) is 0 Å². The van der Waals surface area contributed by atoms with Gasteiger partial charge in [-0.25, -0.2) is 0 Å². The molecule has 25 heavy (non-hydrogen) atoms. The first-order valence-electron chi connectivity index (χ1n) is 8.48. The molecule has 0 aliphatic rings. The molecule has 0 aliphatic heterocycles. The van der Waals surface area contributed by atoms with Gasteiger partial charge in [-0.15, -0.1) is 0 Å². The maximum Gasteiger partial charge on any atom is 0.160 e. The van der Waals surface area contributed by atoms with Gasteiger partial charge in [-0.05, 0) is 67.5 Å². The van der Waals surface area contributed by atoms with Crippen LogP contribution in [0.3, 0.4) is 0 Å². The molecule has 2 rings (SSSR count). The molecule has 5 nitrogen and oxygen atoms in total. The number of phenols is 2. The van der Waals surface area contributed by atoms with Crippen LogP contribution in [0.15, 0.2) is 42.5 Å². The molecule has 2 aromatic carbocycles. The van der Waals surface area contributed by atoms with Crippen LogP contribution in [0.1, 0.15) is 30.4 Å². The number of hydrogen-bond donors (Lipinski definition) is 4. The van der Waals surface area contributed by atoms with Crippen molar-refractivity contribution >= 4 is 0 Å². The molecule has 4 N–H and O–H groups in total. The molecule has 0 bridgehead atoms. The van der Waals surface area contributed by atoms with Crippen molar-refractivity contribution in [2.45, 2.75) is 44.3 Å². The van der Waals surface area contributed by atoms with Crippen LogP contribution in [-0.2, 0) is 12.8 Å². The van der Waals surface area contributed by atoms with Gasteiger partial charge in [-0.3, -0.25) is 0 Å². The van der Waals surface area contributed by atoms with Crippen molar-refractivity contribution in [1.82, 2.24) is 0 Å². The van der Waals surface area contributed by atoms with Gasteiger partial charge in [0.05, 0.1) is 19.3 Å². The molecule has 0 fully saturated rings. The summed E-state index contributed by atoms with van der Waals surface area (Å²) in [5, 5.41) is 39.0. The number of aryl methyl sites for hydroxylation is 2. The number of hydrogen-bond acceptors (Lipinski definition) is 5. The third-order valence-electron chi connectivity index (χ3n) is 4.26. The summed E-state index contributed by atoms with van der Waals surface area (Å²) >= 11 is 0. The molecule has 0 aromatic heterocycles. The molecule has 0 aliphatic carbocycles. The fourth-order valence-corrected chi connectivity index (χ4v) is 2.76. The van der Waals surface area contributed by atoms with E-state index in [0.717, 1.165) is 11.1 Å². The summed E-state index contributed by atoms with van der Waals surface area (Å²) in [4.78, 5) is 0. The Kier molecular flexibility index (Phi) is 7.10. The quantitative estimate of drug-likeness (QED) is 0.561. The van der Waals surface area contributed by atoms with Crippen molar-refractivity contribution in [3.63, 3.8) is 0 Å². The van der Waals surface area contributed by atoms with Crippen LogP contribution in [-0.4, -0.2) is 39.7 Å². The number of rotatable bonds is 9. The zero-order valence-corrected chi connectivity index (χ0v) is 14.4. The van der Waals surface area contributed by atoms with E-state index in [1.807, 2.05) is 12.1 Å². The van der Waals surface area contributed by atoms with E-state index in [4.69, 9.17) is 4.74 Å². The minimum absolute atomic E-state index is 0.0939. The van der Waals surface area contributed by atoms with Gasteiger partial charge in [0.25, 0.3) is 0 Å². The lowest BCUT2D eigenvalue weighted by atomic mass is 9.99. The molecule has 0 saturated heterocycles. The molecule has 136 valence electrons. The number of aliphatic hydroxyl groups is 2. The summed E-state index contributed by atoms with van der Waals surface area (Å²) < 4.78 is 5.07. The van der Waals surface area contributed by atoms with E-state index in [0.29, 0.717) is 37.9 Å². The van der Waals surface area contributed by atoms with Gasteiger partial charge in [0.2, 0.25) is 0 Å². The maximum atomic E-state index is 10.1. The minimum atomic E-state index is -0.588. The van der Waals surface area contributed by atoms with E-state index in [9.17, 15) is 20.4 Å². The highest BCUT2D eigenvalue weighted by molar-refractivity contribution is 5.41. The number of benzene rings is 2. The average molecular weight is 346 g/mol. The van der Waals surface area contributed by atoms with Crippen molar-refractivity contribution in [1.29, 1.82) is 0 Å². The topological polar surface area (TPSA) is 90.2 Å². The lowest BCUT2D eigenvalue weighted by Gasteiger charge is -2.16. The van der Waals surface area contributed by atoms with Gasteiger partial charge >= 0.3 is 0 Å². The van der Waals surface area contributed by atoms with Crippen molar-refractivity contribution in [2.24, 2.45) is 0 Å². The zero-order chi connectivity index (χ0) is 18.2. The molecular weight excluding hydrogens is 320 g/mol. The Morgan fingerprint density at radius 1 is 0.840 bits per heavy atom. The third-order valence-corrected chi connectivity index (χ3v) is 4.26. The van der Waals surface area contributed by atoms with E-state index < -0.39 is 12.2 Å². The predicted molar refractivity (Wildman–Crippen MR) is 96.0 cm³/mol. The molecule has 0 radical (unpaired) electrons. The van der Waals surface area contributed by atoms with Crippen LogP contribution >= 0.6 is 0 Å². The molecule has 0 heterocycles. The predicted octanol–water partition coefficient (Wildman–Crippen LogP) is 2.78. The van der Waals surface area contributed by atoms with Gasteiger partial charge in [-0.2, -0.15) is 0 Å². The SMILES string of the molecule is COc1cc(CC[C@@H](O)C[C@@H](O)CCc2ccc(O)cc2)ccc1O. The van der Waals surface area contributed by atoms with Crippen molar-refractivity contribution in [2.75, 3.05) is 7.11 Å². The Morgan fingerprint density at radius 2 is 1.40 bits per heavy atom. The fraction of sp³-hybridized carbons (Fsp3) is 0.400. The number of phenolic OH excluding ortho intramolecular Hbond substituents is 2. The summed E-state index contributed by atoms with van der Waals surface area (Å²) in [5.74, 6) is 0.739. The molecular formula is C20H26O5. The largest absolute Gasteiger partial charge is 0.508 e. The smallest absolute Gasteiger partial charge is 0.160 e. The first kappa shape index (κ1) is 19.1. The lowest BCUT2D eigenvalue weighted by molar-refractivity contribution is 0.0714. The van der Waals surface area contributed by atoms with Gasteiger partial charge in [0, 0.05) is 0 Å². The van der Waals surface area contributed by atoms with Gasteiger partial charge in [0.1, 0.15) is 5.75 Å². The van der Waals surface area contributed by atoms with Crippen LogP contribution in [0.4, 0.5) is 0 Å². The molecule has 0 amide bonds. The molecule has 0 saturated carbocycles. The monoisotopic (exact) mass is 346 g/mol. The van der Waals surface area contributed by atoms with Crippen LogP contribution in [0, 0.1) is 0 Å². The van der Waals surface area contributed by atoms with Crippen LogP contribution in [0.5, 0.6) is 17.2 Å². The summed E-state index contributed by atoms with van der Waals surface area (Å²) in [6.45, 7) is 0. The van der Waals surface area contributed by atoms with Crippen molar-refractivity contribution in [3.8, 4) is 17.2 Å². The molecule has 0 spiro atoms. The lowest BCUT2D eigenvalue weighted by Crippen LogP contribution is -2.19. The number of ether oxygens (including phenoxy) is 1. The number of aromatic hydroxyl groups is 2. The summed E-state index contributed by atoms with van der Waals surface area (Å²) in [5.41, 5.74) is 2.01. The highest BCUT2D eigenvalue weighted by Crippen LogP contribution is 2.27. The number of aliphatic hydroxyl groups excluding tert-OH is 2. The van der Waals surface area contributed by atoms with E-state index in [1.54, 1.807) is 30.3 Å². The number of methoxy groups -OCH3 is 1. The van der Waals surface area contributed by atoms with Gasteiger partial charge in [0.15, 0.2) is 11.5 Å². The highest BCUT2D eigenvalue weighted by Gasteiger charge is 2.13. The first-order chi connectivity index (χ1) is 12.0. The molecule has 2 atom stereocenters. The second-order valence-electron chi connectivity index (χ2n) is 6.29. The van der Waals surface area contributed by atoms with Crippen molar-refractivity contribution < 1.29 is 25.2 Å². The summed E-state index contributed by atoms with van der Waals surface area (Å²) in [6.07, 6.45) is 1.60. The first-order valence-corrected chi connectivity index (χ1v) is 8.48. The maximum absolute atomic E-state index is 10.1. The van der Waals surface area contributed by atoms with Crippen LogP contribution in [0.2, 0.25) is 0 Å². The molecule has 5 heteroatoms. The van der Waals surface area contributed by atoms with Crippen molar-refractivity contribution in [3.05, 3.63) is 53.6 Å². The highest BCUT2D eigenvalue weighted by atomic mass is 16.5. The summed E-state index contributed by atoms with van der Waals surface area (Å²) in [6, 6.07) is 12.0. The second-order valence-corrected chi connectivity index (χ2v) is 6.29. The third kappa shape index (κ3) is 6.29. The fourth-order valence-electron chi connectivity index (χ4n) is 2.76. The molecule has 0 unspecified atom stereocenters. The van der Waals surface area contributed by atoms with E-state index in [1.165, 1.54) is 7.11 Å². The van der Waals surface area contributed by atoms with Crippen LogP contribution < -0.4 is 4.74 Å². The Labute approximate surface area is 148 Å². The van der Waals surface area contributed by atoms with E-state index in [-0.39, 0.29) is 11.5 Å². The Bertz CT molecular complexity index is 654. The normalized spacial score (nSPS) is 13.4. The zero-order valence-electron chi connectivity index (χ0n) is 14.4. The minimum Gasteiger partial charge on any atom is -0.508 e. The standard InChI is InChI=1S/C20H26O5/c1-25-20-12-15(6-11-19(20)24)5-10-18(23)13-17(22)9-4-14-2-7-16(21)8-3-14/h2-3,6-8,11-12,17-18,21-24H,4-5,9-10,13H2,1H3/t17-,18+/m0/s1. The van der Waals surface area contributed by atoms with Crippen LogP contribution in [0.25, 0.3) is 0 Å². The summed E-state index contributed by atoms with van der Waals surface area (Å²) in [7, 11) is 1.50. The average Bonchev–Trinajstić information content (AvgIpc) is 2.60. The van der Waals surface area contributed by atoms with Gasteiger partial charge in [-0.1, -0.05) is 18.2 Å². The van der Waals surface area contributed by atoms with Gasteiger partial charge < -0.3 is 25.2 Å². The molecule has 2 aromatic rings. The Hall–Kier alpha value is -2.24. The second kappa shape index (κ2) is 9.30.